The maximum atomic E-state index is 11.9. The van der Waals surface area contributed by atoms with E-state index in [1.807, 2.05) is 30.3 Å². The highest BCUT2D eigenvalue weighted by Crippen LogP contribution is 2.10. The van der Waals surface area contributed by atoms with E-state index < -0.39 is 5.97 Å². The van der Waals surface area contributed by atoms with Crippen LogP contribution in [0.2, 0.25) is 5.02 Å². The van der Waals surface area contributed by atoms with E-state index in [2.05, 4.69) is 5.32 Å². The number of carbonyl (C=O) groups is 3. The standard InChI is InChI=1S/C20H18ClNO4/c21-17-9-7-16(8-10-17)18(23)14-26-20(25)12-13-22-19(24)11-6-15-4-2-1-3-5-15/h1-11H,12-14H2,(H,22,24)/b11-6+. The first-order chi connectivity index (χ1) is 12.5. The monoisotopic (exact) mass is 371 g/mol. The Hall–Kier alpha value is -2.92. The molecule has 0 spiro atoms. The molecule has 0 aliphatic carbocycles. The van der Waals surface area contributed by atoms with E-state index in [1.54, 1.807) is 30.3 Å². The number of rotatable bonds is 8. The fraction of sp³-hybridized carbons (Fsp3) is 0.150. The van der Waals surface area contributed by atoms with Crippen LogP contribution in [0, 0.1) is 0 Å². The zero-order valence-corrected chi connectivity index (χ0v) is 14.7. The van der Waals surface area contributed by atoms with Crippen LogP contribution >= 0.6 is 11.6 Å². The second kappa shape index (κ2) is 10.2. The van der Waals surface area contributed by atoms with Crippen molar-refractivity contribution in [3.05, 3.63) is 76.8 Å². The predicted octanol–water partition coefficient (Wildman–Crippen LogP) is 3.29. The molecule has 0 radical (unpaired) electrons. The lowest BCUT2D eigenvalue weighted by molar-refractivity contribution is -0.142. The summed E-state index contributed by atoms with van der Waals surface area (Å²) in [5, 5.41) is 3.11. The third kappa shape index (κ3) is 6.91. The van der Waals surface area contributed by atoms with Crippen molar-refractivity contribution in [1.82, 2.24) is 5.32 Å². The highest BCUT2D eigenvalue weighted by atomic mass is 35.5. The molecule has 1 N–H and O–H groups in total. The molecule has 1 amide bonds. The largest absolute Gasteiger partial charge is 0.457 e. The molecule has 6 heteroatoms. The van der Waals surface area contributed by atoms with Crippen molar-refractivity contribution in [2.24, 2.45) is 0 Å². The predicted molar refractivity (Wildman–Crippen MR) is 99.8 cm³/mol. The van der Waals surface area contributed by atoms with Crippen LogP contribution in [-0.2, 0) is 14.3 Å². The number of ketones is 1. The van der Waals surface area contributed by atoms with Crippen LogP contribution < -0.4 is 5.32 Å². The van der Waals surface area contributed by atoms with E-state index in [1.165, 1.54) is 6.08 Å². The average Bonchev–Trinajstić information content (AvgIpc) is 2.66. The van der Waals surface area contributed by atoms with E-state index in [0.717, 1.165) is 5.56 Å². The van der Waals surface area contributed by atoms with Gasteiger partial charge in [0.05, 0.1) is 6.42 Å². The number of benzene rings is 2. The number of halogens is 1. The summed E-state index contributed by atoms with van der Waals surface area (Å²) in [7, 11) is 0. The van der Waals surface area contributed by atoms with Gasteiger partial charge < -0.3 is 10.1 Å². The summed E-state index contributed by atoms with van der Waals surface area (Å²) in [5.74, 6) is -1.18. The van der Waals surface area contributed by atoms with Gasteiger partial charge in [0.1, 0.15) is 0 Å². The van der Waals surface area contributed by atoms with Crippen LogP contribution in [0.15, 0.2) is 60.7 Å². The Balaban J connectivity index is 1.65. The molecule has 0 aromatic heterocycles. The van der Waals surface area contributed by atoms with Crippen LogP contribution in [0.4, 0.5) is 0 Å². The minimum absolute atomic E-state index is 0.0151. The van der Waals surface area contributed by atoms with Crippen LogP contribution in [-0.4, -0.2) is 30.8 Å². The maximum Gasteiger partial charge on any atom is 0.308 e. The van der Waals surface area contributed by atoms with Gasteiger partial charge in [-0.2, -0.15) is 0 Å². The Bertz CT molecular complexity index is 785. The van der Waals surface area contributed by atoms with Crippen LogP contribution in [0.5, 0.6) is 0 Å². The molecular formula is C20H18ClNO4. The number of hydrogen-bond acceptors (Lipinski definition) is 4. The number of Topliss-reactive ketones (excluding diaryl/α,β-unsaturated/α-hetero) is 1. The molecule has 0 heterocycles. The molecule has 0 saturated carbocycles. The molecule has 134 valence electrons. The van der Waals surface area contributed by atoms with E-state index in [9.17, 15) is 14.4 Å². The summed E-state index contributed by atoms with van der Waals surface area (Å²) in [4.78, 5) is 35.2. The second-order valence-corrected chi connectivity index (χ2v) is 5.81. The van der Waals surface area contributed by atoms with Gasteiger partial charge in [0, 0.05) is 23.2 Å². The van der Waals surface area contributed by atoms with E-state index in [0.29, 0.717) is 10.6 Å². The molecule has 0 fully saturated rings. The molecule has 0 aliphatic rings. The number of esters is 1. The Morgan fingerprint density at radius 1 is 1.00 bits per heavy atom. The zero-order chi connectivity index (χ0) is 18.8. The summed E-state index contributed by atoms with van der Waals surface area (Å²) in [6, 6.07) is 15.7. The second-order valence-electron chi connectivity index (χ2n) is 5.38. The topological polar surface area (TPSA) is 72.5 Å². The third-order valence-electron chi connectivity index (χ3n) is 3.39. The Morgan fingerprint density at radius 3 is 2.38 bits per heavy atom. The van der Waals surface area contributed by atoms with Gasteiger partial charge in [-0.1, -0.05) is 41.9 Å². The molecule has 2 aromatic carbocycles. The van der Waals surface area contributed by atoms with Crippen molar-refractivity contribution < 1.29 is 19.1 Å². The van der Waals surface area contributed by atoms with Gasteiger partial charge in [0.25, 0.3) is 0 Å². The maximum absolute atomic E-state index is 11.9. The summed E-state index contributed by atoms with van der Waals surface area (Å²) < 4.78 is 4.91. The summed E-state index contributed by atoms with van der Waals surface area (Å²) in [6.45, 7) is -0.214. The Kier molecular flexibility index (Phi) is 7.58. The van der Waals surface area contributed by atoms with Crippen molar-refractivity contribution in [3.8, 4) is 0 Å². The Morgan fingerprint density at radius 2 is 1.69 bits per heavy atom. The van der Waals surface area contributed by atoms with Gasteiger partial charge in [-0.25, -0.2) is 0 Å². The first-order valence-corrected chi connectivity index (χ1v) is 8.38. The normalized spacial score (nSPS) is 10.5. The SMILES string of the molecule is O=C(/C=C/c1ccccc1)NCCC(=O)OCC(=O)c1ccc(Cl)cc1. The minimum Gasteiger partial charge on any atom is -0.457 e. The van der Waals surface area contributed by atoms with Crippen molar-refractivity contribution in [2.75, 3.05) is 13.2 Å². The summed E-state index contributed by atoms with van der Waals surface area (Å²) >= 11 is 5.75. The number of hydrogen-bond donors (Lipinski definition) is 1. The smallest absolute Gasteiger partial charge is 0.308 e. The average molecular weight is 372 g/mol. The van der Waals surface area contributed by atoms with Gasteiger partial charge in [0.15, 0.2) is 12.4 Å². The number of ether oxygens (including phenoxy) is 1. The highest BCUT2D eigenvalue weighted by Gasteiger charge is 2.10. The number of carbonyl (C=O) groups excluding carboxylic acids is 3. The molecule has 26 heavy (non-hydrogen) atoms. The number of amides is 1. The molecular weight excluding hydrogens is 354 g/mol. The molecule has 0 aliphatic heterocycles. The molecule has 0 saturated heterocycles. The summed E-state index contributed by atoms with van der Waals surface area (Å²) in [5.41, 5.74) is 1.32. The van der Waals surface area contributed by atoms with Gasteiger partial charge in [0.2, 0.25) is 5.91 Å². The molecule has 2 rings (SSSR count). The first-order valence-electron chi connectivity index (χ1n) is 8.00. The molecule has 5 nitrogen and oxygen atoms in total. The van der Waals surface area contributed by atoms with Gasteiger partial charge in [-0.05, 0) is 35.9 Å². The van der Waals surface area contributed by atoms with E-state index in [4.69, 9.17) is 16.3 Å². The van der Waals surface area contributed by atoms with Crippen molar-refractivity contribution in [3.63, 3.8) is 0 Å². The van der Waals surface area contributed by atoms with Gasteiger partial charge in [-0.3, -0.25) is 14.4 Å². The highest BCUT2D eigenvalue weighted by molar-refractivity contribution is 6.30. The number of nitrogens with one attached hydrogen (secondary N) is 1. The molecule has 0 bridgehead atoms. The lowest BCUT2D eigenvalue weighted by atomic mass is 10.1. The minimum atomic E-state index is -0.556. The zero-order valence-electron chi connectivity index (χ0n) is 14.0. The molecule has 0 unspecified atom stereocenters. The third-order valence-corrected chi connectivity index (χ3v) is 3.64. The molecule has 0 atom stereocenters. The van der Waals surface area contributed by atoms with Crippen LogP contribution in [0.3, 0.4) is 0 Å². The fourth-order valence-corrected chi connectivity index (χ4v) is 2.15. The van der Waals surface area contributed by atoms with Crippen molar-refractivity contribution in [1.29, 1.82) is 0 Å². The quantitative estimate of drug-likeness (QED) is 0.439. The van der Waals surface area contributed by atoms with Crippen LogP contribution in [0.1, 0.15) is 22.3 Å². The van der Waals surface area contributed by atoms with Gasteiger partial charge >= 0.3 is 5.97 Å². The van der Waals surface area contributed by atoms with Crippen LogP contribution in [0.25, 0.3) is 6.08 Å². The fourth-order valence-electron chi connectivity index (χ4n) is 2.02. The van der Waals surface area contributed by atoms with E-state index in [-0.39, 0.29) is 31.3 Å². The van der Waals surface area contributed by atoms with Gasteiger partial charge in [-0.15, -0.1) is 0 Å². The van der Waals surface area contributed by atoms with Crippen molar-refractivity contribution in [2.45, 2.75) is 6.42 Å². The lowest BCUT2D eigenvalue weighted by Gasteiger charge is -2.05. The van der Waals surface area contributed by atoms with Crippen molar-refractivity contribution >= 4 is 35.3 Å². The Labute approximate surface area is 156 Å². The lowest BCUT2D eigenvalue weighted by Crippen LogP contribution is -2.25. The molecule has 2 aromatic rings. The first kappa shape index (κ1) is 19.4. The van der Waals surface area contributed by atoms with E-state index >= 15 is 0 Å². The summed E-state index contributed by atoms with van der Waals surface area (Å²) in [6.07, 6.45) is 3.06.